The Morgan fingerprint density at radius 1 is 1.03 bits per heavy atom. The molecule has 8 heteroatoms. The van der Waals surface area contributed by atoms with E-state index in [0.29, 0.717) is 22.4 Å². The third kappa shape index (κ3) is 3.06. The zero-order valence-corrected chi connectivity index (χ0v) is 18.0. The van der Waals surface area contributed by atoms with Gasteiger partial charge in [-0.2, -0.15) is 5.10 Å². The van der Waals surface area contributed by atoms with Gasteiger partial charge in [0.2, 0.25) is 5.78 Å². The van der Waals surface area contributed by atoms with Gasteiger partial charge in [-0.1, -0.05) is 49.2 Å². The number of nitrogens with zero attached hydrogens (tertiary/aromatic N) is 5. The number of nitrogens with two attached hydrogens (primary N) is 1. The Labute approximate surface area is 188 Å². The Hall–Kier alpha value is -3.65. The number of anilines is 1. The zero-order chi connectivity index (χ0) is 21.7. The van der Waals surface area contributed by atoms with Crippen molar-refractivity contribution in [3.05, 3.63) is 65.4 Å². The first-order chi connectivity index (χ1) is 15.7. The number of ketones is 1. The fraction of sp³-hybridized carbons (Fsp3) is 0.208. The molecule has 32 heavy (non-hydrogen) atoms. The summed E-state index contributed by atoms with van der Waals surface area (Å²) in [5.41, 5.74) is 10.1. The summed E-state index contributed by atoms with van der Waals surface area (Å²) in [6.45, 7) is 0. The number of carbonyl (C=O) groups is 1. The molecule has 0 saturated heterocycles. The maximum absolute atomic E-state index is 13.0. The molecule has 0 atom stereocenters. The molecule has 5 aromatic rings. The van der Waals surface area contributed by atoms with Crippen molar-refractivity contribution in [1.82, 2.24) is 24.7 Å². The third-order valence-corrected chi connectivity index (χ3v) is 7.13. The summed E-state index contributed by atoms with van der Waals surface area (Å²) in [5, 5.41) is 6.16. The lowest BCUT2D eigenvalue weighted by Gasteiger charge is -2.10. The average Bonchev–Trinajstić information content (AvgIpc) is 3.57. The molecule has 0 radical (unpaired) electrons. The largest absolute Gasteiger partial charge is 0.383 e. The van der Waals surface area contributed by atoms with E-state index >= 15 is 0 Å². The monoisotopic (exact) mass is 440 g/mol. The van der Waals surface area contributed by atoms with Gasteiger partial charge in [0, 0.05) is 11.1 Å². The molecule has 1 fully saturated rings. The van der Waals surface area contributed by atoms with E-state index in [0.717, 1.165) is 45.3 Å². The van der Waals surface area contributed by atoms with Crippen LogP contribution in [0.15, 0.2) is 54.9 Å². The molecule has 1 aliphatic rings. The molecule has 0 aliphatic heterocycles. The standard InChI is InChI=1S/C24H20N6OS/c25-22-19-20(29-30(16-5-1-2-6-16)23(19)27-13-26-22)14-9-11-15(12-10-14)21(31)24-28-17-7-3-4-8-18(17)32-24/h3-4,7-13,16H,1-2,5-6H2,(H2,25,26,27). The number of fused-ring (bicyclic) bond motifs is 2. The Morgan fingerprint density at radius 3 is 2.59 bits per heavy atom. The number of nitrogen functional groups attached to an aromatic ring is 1. The van der Waals surface area contributed by atoms with Crippen LogP contribution in [0, 0.1) is 0 Å². The quantitative estimate of drug-likeness (QED) is 0.393. The lowest BCUT2D eigenvalue weighted by atomic mass is 10.0. The van der Waals surface area contributed by atoms with Gasteiger partial charge in [-0.15, -0.1) is 11.3 Å². The fourth-order valence-corrected chi connectivity index (χ4v) is 5.40. The maximum Gasteiger partial charge on any atom is 0.221 e. The molecular formula is C24H20N6OS. The van der Waals surface area contributed by atoms with Crippen molar-refractivity contribution in [3.8, 4) is 11.3 Å². The Morgan fingerprint density at radius 2 is 1.81 bits per heavy atom. The van der Waals surface area contributed by atoms with Gasteiger partial charge >= 0.3 is 0 Å². The Bertz CT molecular complexity index is 1430. The van der Waals surface area contributed by atoms with E-state index in [1.165, 1.54) is 30.5 Å². The van der Waals surface area contributed by atoms with Gasteiger partial charge < -0.3 is 5.73 Å². The molecule has 158 valence electrons. The molecule has 2 aromatic carbocycles. The van der Waals surface area contributed by atoms with Crippen molar-refractivity contribution in [3.63, 3.8) is 0 Å². The van der Waals surface area contributed by atoms with Crippen LogP contribution in [-0.2, 0) is 0 Å². The van der Waals surface area contributed by atoms with E-state index in [9.17, 15) is 4.79 Å². The van der Waals surface area contributed by atoms with Gasteiger partial charge in [0.15, 0.2) is 10.7 Å². The number of hydrogen-bond acceptors (Lipinski definition) is 7. The molecule has 6 rings (SSSR count). The predicted octanol–water partition coefficient (Wildman–Crippen LogP) is 5.03. The van der Waals surface area contributed by atoms with Crippen molar-refractivity contribution in [2.24, 2.45) is 0 Å². The summed E-state index contributed by atoms with van der Waals surface area (Å²) in [6, 6.07) is 15.6. The number of thiazole rings is 1. The summed E-state index contributed by atoms with van der Waals surface area (Å²) in [5.74, 6) is 0.339. The number of rotatable bonds is 4. The van der Waals surface area contributed by atoms with Crippen LogP contribution in [0.1, 0.15) is 47.1 Å². The molecule has 2 N–H and O–H groups in total. The lowest BCUT2D eigenvalue weighted by Crippen LogP contribution is -2.07. The predicted molar refractivity (Wildman–Crippen MR) is 126 cm³/mol. The van der Waals surface area contributed by atoms with Crippen LogP contribution in [0.4, 0.5) is 5.82 Å². The van der Waals surface area contributed by atoms with E-state index in [2.05, 4.69) is 15.0 Å². The minimum atomic E-state index is -0.0815. The van der Waals surface area contributed by atoms with Crippen LogP contribution >= 0.6 is 11.3 Å². The second-order valence-corrected chi connectivity index (χ2v) is 9.11. The summed E-state index contributed by atoms with van der Waals surface area (Å²) < 4.78 is 3.02. The van der Waals surface area contributed by atoms with Gasteiger partial charge in [0.05, 0.1) is 21.6 Å². The number of carbonyl (C=O) groups excluding carboxylic acids is 1. The minimum Gasteiger partial charge on any atom is -0.383 e. The summed E-state index contributed by atoms with van der Waals surface area (Å²) in [7, 11) is 0. The summed E-state index contributed by atoms with van der Waals surface area (Å²) in [4.78, 5) is 26.2. The van der Waals surface area contributed by atoms with E-state index in [4.69, 9.17) is 10.8 Å². The third-order valence-electron chi connectivity index (χ3n) is 6.10. The van der Waals surface area contributed by atoms with E-state index in [1.807, 2.05) is 53.2 Å². The highest BCUT2D eigenvalue weighted by molar-refractivity contribution is 7.20. The van der Waals surface area contributed by atoms with Gasteiger partial charge in [0.25, 0.3) is 0 Å². The maximum atomic E-state index is 13.0. The van der Waals surface area contributed by atoms with Crippen LogP contribution in [0.3, 0.4) is 0 Å². The number of para-hydroxylation sites is 1. The highest BCUT2D eigenvalue weighted by Gasteiger charge is 2.24. The second-order valence-electron chi connectivity index (χ2n) is 8.08. The van der Waals surface area contributed by atoms with Crippen LogP contribution in [0.2, 0.25) is 0 Å². The Kier molecular flexibility index (Phi) is 4.46. The number of hydrogen-bond donors (Lipinski definition) is 1. The minimum absolute atomic E-state index is 0.0815. The molecule has 0 unspecified atom stereocenters. The number of aromatic nitrogens is 5. The lowest BCUT2D eigenvalue weighted by molar-refractivity contribution is 0.103. The van der Waals surface area contributed by atoms with Gasteiger partial charge in [-0.05, 0) is 25.0 Å². The highest BCUT2D eigenvalue weighted by atomic mass is 32.1. The molecule has 0 bridgehead atoms. The van der Waals surface area contributed by atoms with E-state index in [1.54, 1.807) is 0 Å². The normalized spacial score (nSPS) is 14.5. The Balaban J connectivity index is 1.39. The topological polar surface area (TPSA) is 99.6 Å². The van der Waals surface area contributed by atoms with E-state index < -0.39 is 0 Å². The van der Waals surface area contributed by atoms with Crippen LogP contribution < -0.4 is 5.73 Å². The zero-order valence-electron chi connectivity index (χ0n) is 17.2. The van der Waals surface area contributed by atoms with Gasteiger partial charge in [0.1, 0.15) is 17.8 Å². The average molecular weight is 441 g/mol. The fourth-order valence-electron chi connectivity index (χ4n) is 4.47. The molecule has 7 nitrogen and oxygen atoms in total. The van der Waals surface area contributed by atoms with Crippen LogP contribution in [-0.4, -0.2) is 30.5 Å². The van der Waals surface area contributed by atoms with Crippen molar-refractivity contribution >= 4 is 44.2 Å². The van der Waals surface area contributed by atoms with Crippen molar-refractivity contribution in [1.29, 1.82) is 0 Å². The summed E-state index contributed by atoms with van der Waals surface area (Å²) >= 11 is 1.41. The van der Waals surface area contributed by atoms with Gasteiger partial charge in [-0.25, -0.2) is 19.6 Å². The van der Waals surface area contributed by atoms with E-state index in [-0.39, 0.29) is 5.78 Å². The molecular weight excluding hydrogens is 420 g/mol. The van der Waals surface area contributed by atoms with Crippen molar-refractivity contribution in [2.75, 3.05) is 5.73 Å². The first-order valence-corrected chi connectivity index (χ1v) is 11.5. The summed E-state index contributed by atoms with van der Waals surface area (Å²) in [6.07, 6.45) is 6.08. The van der Waals surface area contributed by atoms with Crippen molar-refractivity contribution < 1.29 is 4.79 Å². The number of benzene rings is 2. The molecule has 1 saturated carbocycles. The highest BCUT2D eigenvalue weighted by Crippen LogP contribution is 2.36. The first kappa shape index (κ1) is 19.1. The second kappa shape index (κ2) is 7.49. The molecule has 1 aliphatic carbocycles. The first-order valence-electron chi connectivity index (χ1n) is 10.7. The van der Waals surface area contributed by atoms with Crippen LogP contribution in [0.25, 0.3) is 32.5 Å². The van der Waals surface area contributed by atoms with Gasteiger partial charge in [-0.3, -0.25) is 4.79 Å². The molecule has 3 aromatic heterocycles. The molecule has 0 amide bonds. The molecule has 0 spiro atoms. The molecule has 3 heterocycles. The SMILES string of the molecule is Nc1ncnc2c1c(-c1ccc(C(=O)c3nc4ccccc4s3)cc1)nn2C1CCCC1. The van der Waals surface area contributed by atoms with Crippen LogP contribution in [0.5, 0.6) is 0 Å². The van der Waals surface area contributed by atoms with Crippen molar-refractivity contribution in [2.45, 2.75) is 31.7 Å². The smallest absolute Gasteiger partial charge is 0.221 e.